The predicted octanol–water partition coefficient (Wildman–Crippen LogP) is 6.66. The summed E-state index contributed by atoms with van der Waals surface area (Å²) in [6.07, 6.45) is 11.5. The number of primary amides is 1. The van der Waals surface area contributed by atoms with Crippen LogP contribution in [-0.4, -0.2) is 15.5 Å². The lowest BCUT2D eigenvalue weighted by Crippen LogP contribution is -2.58. The maximum absolute atomic E-state index is 13.9. The first kappa shape index (κ1) is 22.2. The minimum atomic E-state index is -0.733. The molecule has 33 heavy (non-hydrogen) atoms. The summed E-state index contributed by atoms with van der Waals surface area (Å²) in [6, 6.07) is 14.9. The van der Waals surface area contributed by atoms with Crippen LogP contribution in [0, 0.1) is 25.7 Å². The minimum absolute atomic E-state index is 0.157. The molecule has 1 heterocycles. The molecule has 2 saturated carbocycles. The van der Waals surface area contributed by atoms with Crippen LogP contribution in [0.15, 0.2) is 42.5 Å². The zero-order valence-corrected chi connectivity index (χ0v) is 20.1. The van der Waals surface area contributed by atoms with Crippen LogP contribution in [0.4, 0.5) is 0 Å². The predicted molar refractivity (Wildman–Crippen MR) is 135 cm³/mol. The van der Waals surface area contributed by atoms with E-state index in [-0.39, 0.29) is 17.7 Å². The van der Waals surface area contributed by atoms with Gasteiger partial charge in [-0.3, -0.25) is 4.79 Å². The van der Waals surface area contributed by atoms with Crippen molar-refractivity contribution >= 4 is 16.9 Å². The van der Waals surface area contributed by atoms with E-state index in [1.807, 2.05) is 6.07 Å². The number of fused-ring (bicyclic) bond motifs is 1. The summed E-state index contributed by atoms with van der Waals surface area (Å²) in [5.41, 5.74) is 11.3. The van der Waals surface area contributed by atoms with Crippen LogP contribution < -0.4 is 5.73 Å². The number of aryl methyl sites for hydroxylation is 2. The Morgan fingerprint density at radius 3 is 2.09 bits per heavy atom. The van der Waals surface area contributed by atoms with Crippen molar-refractivity contribution in [2.75, 3.05) is 0 Å². The van der Waals surface area contributed by atoms with E-state index in [1.54, 1.807) is 0 Å². The average molecular weight is 444 g/mol. The van der Waals surface area contributed by atoms with Crippen molar-refractivity contribution in [1.29, 1.82) is 0 Å². The van der Waals surface area contributed by atoms with Crippen LogP contribution in [0.25, 0.3) is 22.4 Å². The Labute approximate surface area is 197 Å². The summed E-state index contributed by atoms with van der Waals surface area (Å²) < 4.78 is 2.33. The van der Waals surface area contributed by atoms with Crippen molar-refractivity contribution in [2.45, 2.75) is 83.6 Å². The smallest absolute Gasteiger partial charge is 0.244 e. The molecular weight excluding hydrogens is 406 g/mol. The van der Waals surface area contributed by atoms with Gasteiger partial charge in [0.25, 0.3) is 0 Å². The number of amides is 1. The molecular formula is C29H37N3O. The van der Waals surface area contributed by atoms with Crippen LogP contribution in [0.5, 0.6) is 0 Å². The Kier molecular flexibility index (Phi) is 6.03. The van der Waals surface area contributed by atoms with Gasteiger partial charge in [0.15, 0.2) is 0 Å². The first-order valence-electron chi connectivity index (χ1n) is 12.9. The average Bonchev–Trinajstić information content (AvgIpc) is 3.20. The molecule has 3 aromatic rings. The number of para-hydroxylation sites is 2. The maximum atomic E-state index is 13.9. The lowest BCUT2D eigenvalue weighted by atomic mass is 9.63. The van der Waals surface area contributed by atoms with Gasteiger partial charge in [-0.05, 0) is 69.1 Å². The number of hydrogen-bond donors (Lipinski definition) is 1. The van der Waals surface area contributed by atoms with Crippen molar-refractivity contribution in [3.05, 3.63) is 53.6 Å². The van der Waals surface area contributed by atoms with Gasteiger partial charge in [-0.1, -0.05) is 74.4 Å². The largest absolute Gasteiger partial charge is 0.368 e. The molecule has 174 valence electrons. The molecule has 1 aromatic heterocycles. The summed E-state index contributed by atoms with van der Waals surface area (Å²) in [6.45, 7) is 4.27. The molecule has 2 fully saturated rings. The molecule has 2 aliphatic rings. The topological polar surface area (TPSA) is 60.9 Å². The van der Waals surface area contributed by atoms with Crippen LogP contribution >= 0.6 is 0 Å². The highest BCUT2D eigenvalue weighted by Crippen LogP contribution is 2.50. The molecule has 4 heteroatoms. The summed E-state index contributed by atoms with van der Waals surface area (Å²) in [7, 11) is 0. The number of nitrogens with zero attached hydrogens (tertiary/aromatic N) is 2. The molecule has 0 radical (unpaired) electrons. The normalized spacial score (nSPS) is 18.6. The van der Waals surface area contributed by atoms with Crippen molar-refractivity contribution in [1.82, 2.24) is 9.55 Å². The third-order valence-corrected chi connectivity index (χ3v) is 8.40. The van der Waals surface area contributed by atoms with E-state index in [9.17, 15) is 4.79 Å². The van der Waals surface area contributed by atoms with Gasteiger partial charge in [0.1, 0.15) is 11.4 Å². The van der Waals surface area contributed by atoms with Gasteiger partial charge in [-0.2, -0.15) is 0 Å². The van der Waals surface area contributed by atoms with Crippen molar-refractivity contribution in [3.63, 3.8) is 0 Å². The third kappa shape index (κ3) is 3.68. The van der Waals surface area contributed by atoms with Gasteiger partial charge in [0.05, 0.1) is 11.0 Å². The fourth-order valence-corrected chi connectivity index (χ4v) is 6.94. The third-order valence-electron chi connectivity index (χ3n) is 8.40. The highest BCUT2D eigenvalue weighted by atomic mass is 16.1. The van der Waals surface area contributed by atoms with Crippen LogP contribution in [0.2, 0.25) is 0 Å². The zero-order chi connectivity index (χ0) is 23.0. The Bertz CT molecular complexity index is 1130. The molecule has 0 bridgehead atoms. The molecule has 4 nitrogen and oxygen atoms in total. The molecule has 1 amide bonds. The van der Waals surface area contributed by atoms with Crippen LogP contribution in [-0.2, 0) is 10.3 Å². The summed E-state index contributed by atoms with van der Waals surface area (Å²) in [5.74, 6) is 1.27. The molecule has 2 aromatic carbocycles. The quantitative estimate of drug-likeness (QED) is 0.479. The number of imidazole rings is 1. The van der Waals surface area contributed by atoms with Crippen LogP contribution in [0.3, 0.4) is 0 Å². The van der Waals surface area contributed by atoms with E-state index < -0.39 is 5.54 Å². The SMILES string of the molecule is Cc1ccc(-c2nc3ccccc3n2C(C(N)=O)(C2CCCCC2)C2CCCCC2)c(C)c1. The van der Waals surface area contributed by atoms with E-state index in [2.05, 4.69) is 54.8 Å². The maximum Gasteiger partial charge on any atom is 0.244 e. The van der Waals surface area contributed by atoms with Crippen molar-refractivity contribution < 1.29 is 4.79 Å². The summed E-state index contributed by atoms with van der Waals surface area (Å²) >= 11 is 0. The van der Waals surface area contributed by atoms with Gasteiger partial charge < -0.3 is 10.3 Å². The molecule has 0 saturated heterocycles. The van der Waals surface area contributed by atoms with E-state index in [0.29, 0.717) is 0 Å². The van der Waals surface area contributed by atoms with E-state index in [4.69, 9.17) is 10.7 Å². The van der Waals surface area contributed by atoms with E-state index >= 15 is 0 Å². The molecule has 0 unspecified atom stereocenters. The number of carbonyl (C=O) groups is 1. The lowest BCUT2D eigenvalue weighted by molar-refractivity contribution is -0.135. The second-order valence-corrected chi connectivity index (χ2v) is 10.4. The molecule has 5 rings (SSSR count). The molecule has 2 N–H and O–H groups in total. The molecule has 0 atom stereocenters. The van der Waals surface area contributed by atoms with Gasteiger partial charge in [-0.15, -0.1) is 0 Å². The Hall–Kier alpha value is -2.62. The molecule has 2 aliphatic carbocycles. The highest BCUT2D eigenvalue weighted by molar-refractivity contribution is 5.90. The Morgan fingerprint density at radius 1 is 0.909 bits per heavy atom. The molecule has 0 spiro atoms. The second-order valence-electron chi connectivity index (χ2n) is 10.4. The number of benzene rings is 2. The zero-order valence-electron chi connectivity index (χ0n) is 20.1. The number of carbonyl (C=O) groups excluding carboxylic acids is 1. The standard InChI is InChI=1S/C29H37N3O/c1-20-17-18-24(21(2)19-20)27-31-25-15-9-10-16-26(25)32(27)29(28(30)33,22-11-5-3-6-12-22)23-13-7-4-8-14-23/h9-10,15-19,22-23H,3-8,11-14H2,1-2H3,(H2,30,33). The van der Waals surface area contributed by atoms with Crippen LogP contribution in [0.1, 0.15) is 75.3 Å². The van der Waals surface area contributed by atoms with Gasteiger partial charge in [0, 0.05) is 5.56 Å². The highest BCUT2D eigenvalue weighted by Gasteiger charge is 2.53. The fourth-order valence-electron chi connectivity index (χ4n) is 6.94. The van der Waals surface area contributed by atoms with Crippen molar-refractivity contribution in [3.8, 4) is 11.4 Å². The Balaban J connectivity index is 1.84. The summed E-state index contributed by atoms with van der Waals surface area (Å²) in [5, 5.41) is 0. The first-order valence-corrected chi connectivity index (χ1v) is 12.9. The van der Waals surface area contributed by atoms with E-state index in [0.717, 1.165) is 48.1 Å². The van der Waals surface area contributed by atoms with E-state index in [1.165, 1.54) is 49.7 Å². The summed E-state index contributed by atoms with van der Waals surface area (Å²) in [4.78, 5) is 19.0. The Morgan fingerprint density at radius 2 is 1.52 bits per heavy atom. The lowest BCUT2D eigenvalue weighted by Gasteiger charge is -2.48. The fraction of sp³-hybridized carbons (Fsp3) is 0.517. The van der Waals surface area contributed by atoms with Gasteiger partial charge >= 0.3 is 0 Å². The number of nitrogens with two attached hydrogens (primary N) is 1. The first-order chi connectivity index (χ1) is 16.0. The second kappa shape index (κ2) is 8.96. The van der Waals surface area contributed by atoms with Gasteiger partial charge in [0.2, 0.25) is 5.91 Å². The van der Waals surface area contributed by atoms with Gasteiger partial charge in [-0.25, -0.2) is 4.98 Å². The number of rotatable bonds is 5. The molecule has 0 aliphatic heterocycles. The number of aromatic nitrogens is 2. The van der Waals surface area contributed by atoms with Crippen molar-refractivity contribution in [2.24, 2.45) is 17.6 Å². The number of hydrogen-bond acceptors (Lipinski definition) is 2. The minimum Gasteiger partial charge on any atom is -0.368 e. The monoisotopic (exact) mass is 443 g/mol.